The highest BCUT2D eigenvalue weighted by Crippen LogP contribution is 2.29. The molecule has 0 radical (unpaired) electrons. The van der Waals surface area contributed by atoms with Crippen LogP contribution in [-0.2, 0) is 14.3 Å². The van der Waals surface area contributed by atoms with Gasteiger partial charge in [0.15, 0.2) is 0 Å². The summed E-state index contributed by atoms with van der Waals surface area (Å²) in [5.74, 6) is -0.667. The number of aryl methyl sites for hydroxylation is 1. The molecule has 0 aliphatic heterocycles. The summed E-state index contributed by atoms with van der Waals surface area (Å²) in [5, 5.41) is 15.5. The maximum Gasteiger partial charge on any atom is 0.408 e. The molecule has 0 aliphatic rings. The van der Waals surface area contributed by atoms with Crippen molar-refractivity contribution >= 4 is 30.5 Å². The van der Waals surface area contributed by atoms with Gasteiger partial charge in [-0.15, -0.1) is 0 Å². The van der Waals surface area contributed by atoms with Crippen LogP contribution < -0.4 is 10.6 Å². The Kier molecular flexibility index (Phi) is 10.5. The van der Waals surface area contributed by atoms with E-state index < -0.39 is 29.7 Å². The van der Waals surface area contributed by atoms with Gasteiger partial charge in [-0.05, 0) is 78.1 Å². The molecule has 0 heterocycles. The van der Waals surface area contributed by atoms with E-state index in [1.807, 2.05) is 27.7 Å². The molecule has 0 fully saturated rings. The molecule has 33 heavy (non-hydrogen) atoms. The second-order valence-corrected chi connectivity index (χ2v) is 9.86. The molecule has 3 N–H and O–H groups in total. The summed E-state index contributed by atoms with van der Waals surface area (Å²) in [6, 6.07) is 2.41. The first-order valence-electron chi connectivity index (χ1n) is 11.2. The number of rotatable bonds is 9. The van der Waals surface area contributed by atoms with Crippen molar-refractivity contribution in [1.29, 1.82) is 0 Å². The average Bonchev–Trinajstić information content (AvgIpc) is 2.69. The zero-order valence-corrected chi connectivity index (χ0v) is 21.8. The lowest BCUT2D eigenvalue weighted by molar-refractivity contribution is -0.144. The number of carbonyl (C=O) groups is 3. The van der Waals surface area contributed by atoms with Crippen molar-refractivity contribution in [2.24, 2.45) is 0 Å². The van der Waals surface area contributed by atoms with Gasteiger partial charge in [-0.3, -0.25) is 9.59 Å². The molecule has 3 unspecified atom stereocenters. The van der Waals surface area contributed by atoms with Gasteiger partial charge in [0.25, 0.3) is 0 Å². The molecule has 1 aromatic carbocycles. The minimum absolute atomic E-state index is 0.0259. The van der Waals surface area contributed by atoms with Gasteiger partial charge < -0.3 is 25.4 Å². The van der Waals surface area contributed by atoms with Crippen molar-refractivity contribution in [3.05, 3.63) is 29.3 Å². The summed E-state index contributed by atoms with van der Waals surface area (Å²) in [5.41, 5.74) is 0.421. The van der Waals surface area contributed by atoms with Crippen molar-refractivity contribution in [2.45, 2.75) is 91.6 Å². The fourth-order valence-corrected chi connectivity index (χ4v) is 3.51. The summed E-state index contributed by atoms with van der Waals surface area (Å²) in [4.78, 5) is 40.9. The van der Waals surface area contributed by atoms with Crippen LogP contribution in [0.15, 0.2) is 18.2 Å². The standard InChI is InChI=1S/C24H39N3O5S/c1-9-16(5)27(22(30)18(13-33)26-23(31)32-24(6,7)8)20(21(29)25-14(2)3)17-10-11-19(28)15(4)12-17/h10-12,14,16,18,20,28,33H,9,13H2,1-8H3,(H,25,29)(H,26,31). The predicted octanol–water partition coefficient (Wildman–Crippen LogP) is 3.72. The first kappa shape index (κ1) is 28.6. The fraction of sp³-hybridized carbons (Fsp3) is 0.625. The maximum absolute atomic E-state index is 13.7. The summed E-state index contributed by atoms with van der Waals surface area (Å²) in [6.45, 7) is 14.4. The number of alkyl carbamates (subject to hydrolysis) is 1. The van der Waals surface area contributed by atoms with E-state index in [9.17, 15) is 19.5 Å². The van der Waals surface area contributed by atoms with Crippen LogP contribution in [0.2, 0.25) is 0 Å². The SMILES string of the molecule is CCC(C)N(C(=O)C(CS)NC(=O)OC(C)(C)C)C(C(=O)NC(C)C)c1ccc(O)c(C)c1. The lowest BCUT2D eigenvalue weighted by Gasteiger charge is -2.38. The lowest BCUT2D eigenvalue weighted by atomic mass is 9.98. The number of nitrogens with zero attached hydrogens (tertiary/aromatic N) is 1. The number of aromatic hydroxyl groups is 1. The van der Waals surface area contributed by atoms with Crippen LogP contribution in [0.5, 0.6) is 5.75 Å². The maximum atomic E-state index is 13.7. The zero-order chi connectivity index (χ0) is 25.5. The third-order valence-electron chi connectivity index (χ3n) is 4.99. The third-order valence-corrected chi connectivity index (χ3v) is 5.35. The van der Waals surface area contributed by atoms with Gasteiger partial charge >= 0.3 is 6.09 Å². The largest absolute Gasteiger partial charge is 0.508 e. The van der Waals surface area contributed by atoms with E-state index in [1.54, 1.807) is 39.8 Å². The molecule has 1 aromatic rings. The van der Waals surface area contributed by atoms with Gasteiger partial charge in [-0.25, -0.2) is 4.79 Å². The minimum atomic E-state index is -0.996. The highest BCUT2D eigenvalue weighted by atomic mass is 32.1. The molecule has 1 rings (SSSR count). The normalized spacial score (nSPS) is 14.2. The van der Waals surface area contributed by atoms with Gasteiger partial charge in [0.05, 0.1) is 0 Å². The Bertz CT molecular complexity index is 838. The predicted molar refractivity (Wildman–Crippen MR) is 132 cm³/mol. The molecule has 0 aromatic heterocycles. The first-order valence-corrected chi connectivity index (χ1v) is 11.9. The molecule has 8 nitrogen and oxygen atoms in total. The monoisotopic (exact) mass is 481 g/mol. The highest BCUT2D eigenvalue weighted by molar-refractivity contribution is 7.80. The molecule has 186 valence electrons. The van der Waals surface area contributed by atoms with Crippen molar-refractivity contribution in [3.63, 3.8) is 0 Å². The van der Waals surface area contributed by atoms with Crippen LogP contribution in [0.25, 0.3) is 0 Å². The van der Waals surface area contributed by atoms with Gasteiger partial charge in [0, 0.05) is 17.8 Å². The number of benzene rings is 1. The van der Waals surface area contributed by atoms with Crippen LogP contribution >= 0.6 is 12.6 Å². The number of hydrogen-bond acceptors (Lipinski definition) is 6. The average molecular weight is 482 g/mol. The quantitative estimate of drug-likeness (QED) is 0.402. The highest BCUT2D eigenvalue weighted by Gasteiger charge is 2.38. The molecule has 9 heteroatoms. The van der Waals surface area contributed by atoms with Gasteiger partial charge in [0.2, 0.25) is 11.8 Å². The molecule has 3 atom stereocenters. The van der Waals surface area contributed by atoms with E-state index in [4.69, 9.17) is 4.74 Å². The molecule has 0 saturated heterocycles. The zero-order valence-electron chi connectivity index (χ0n) is 20.9. The Labute approximate surface area is 202 Å². The number of phenols is 1. The van der Waals surface area contributed by atoms with Crippen LogP contribution in [0.3, 0.4) is 0 Å². The number of phenolic OH excluding ortho intramolecular Hbond substituents is 1. The van der Waals surface area contributed by atoms with Crippen LogP contribution in [0, 0.1) is 6.92 Å². The van der Waals surface area contributed by atoms with E-state index in [-0.39, 0.29) is 29.5 Å². The number of hydrogen-bond donors (Lipinski definition) is 4. The molecule has 0 saturated carbocycles. The molecule has 3 amide bonds. The Hall–Kier alpha value is -2.42. The van der Waals surface area contributed by atoms with Crippen molar-refractivity contribution < 1.29 is 24.2 Å². The molecule has 0 bridgehead atoms. The van der Waals surface area contributed by atoms with Gasteiger partial charge in [-0.1, -0.05) is 13.0 Å². The Morgan fingerprint density at radius 1 is 1.15 bits per heavy atom. The van der Waals surface area contributed by atoms with Gasteiger partial charge in [-0.2, -0.15) is 12.6 Å². The lowest BCUT2D eigenvalue weighted by Crippen LogP contribution is -2.56. The molecular formula is C24H39N3O5S. The van der Waals surface area contributed by atoms with E-state index >= 15 is 0 Å². The summed E-state index contributed by atoms with van der Waals surface area (Å²) in [6.07, 6.45) is -0.150. The first-order chi connectivity index (χ1) is 15.2. The van der Waals surface area contributed by atoms with Crippen molar-refractivity contribution in [3.8, 4) is 5.75 Å². The fourth-order valence-electron chi connectivity index (χ4n) is 3.26. The summed E-state index contributed by atoms with van der Waals surface area (Å²) < 4.78 is 5.30. The van der Waals surface area contributed by atoms with Gasteiger partial charge in [0.1, 0.15) is 23.4 Å². The topological polar surface area (TPSA) is 108 Å². The van der Waals surface area contributed by atoms with E-state index in [1.165, 1.54) is 11.0 Å². The van der Waals surface area contributed by atoms with E-state index in [0.717, 1.165) is 0 Å². The summed E-state index contributed by atoms with van der Waals surface area (Å²) in [7, 11) is 0. The van der Waals surface area contributed by atoms with Crippen molar-refractivity contribution in [2.75, 3.05) is 5.75 Å². The second-order valence-electron chi connectivity index (χ2n) is 9.50. The van der Waals surface area contributed by atoms with E-state index in [0.29, 0.717) is 17.5 Å². The number of ether oxygens (including phenoxy) is 1. The van der Waals surface area contributed by atoms with Crippen molar-refractivity contribution in [1.82, 2.24) is 15.5 Å². The number of carbonyl (C=O) groups excluding carboxylic acids is 3. The smallest absolute Gasteiger partial charge is 0.408 e. The summed E-state index contributed by atoms with van der Waals surface area (Å²) >= 11 is 4.27. The molecular weight excluding hydrogens is 442 g/mol. The number of amides is 3. The van der Waals surface area contributed by atoms with Crippen LogP contribution in [0.1, 0.15) is 72.1 Å². The third kappa shape index (κ3) is 8.46. The second kappa shape index (κ2) is 12.2. The number of nitrogens with one attached hydrogen (secondary N) is 2. The Morgan fingerprint density at radius 2 is 1.76 bits per heavy atom. The molecule has 0 spiro atoms. The van der Waals surface area contributed by atoms with Crippen LogP contribution in [-0.4, -0.2) is 57.4 Å². The Balaban J connectivity index is 3.46. The number of thiol groups is 1. The Morgan fingerprint density at radius 3 is 2.21 bits per heavy atom. The molecule has 0 aliphatic carbocycles. The minimum Gasteiger partial charge on any atom is -0.508 e. The van der Waals surface area contributed by atoms with Crippen LogP contribution in [0.4, 0.5) is 4.79 Å². The van der Waals surface area contributed by atoms with E-state index in [2.05, 4.69) is 23.3 Å².